The van der Waals surface area contributed by atoms with Gasteiger partial charge in [-0.05, 0) is 67.7 Å². The molecule has 1 saturated heterocycles. The number of likely N-dealkylation sites (tertiary alicyclic amines) is 1. The molecule has 30 heavy (non-hydrogen) atoms. The molecule has 1 unspecified atom stereocenters. The normalized spacial score (nSPS) is 20.7. The maximum atomic E-state index is 5.87. The highest BCUT2D eigenvalue weighted by molar-refractivity contribution is 7.71. The predicted octanol–water partition coefficient (Wildman–Crippen LogP) is 4.33. The number of aromatic nitrogens is 4. The van der Waals surface area contributed by atoms with Crippen molar-refractivity contribution in [3.8, 4) is 22.9 Å². The summed E-state index contributed by atoms with van der Waals surface area (Å²) in [4.78, 5) is 6.61. The van der Waals surface area contributed by atoms with Crippen LogP contribution in [-0.4, -0.2) is 37.6 Å². The van der Waals surface area contributed by atoms with Crippen LogP contribution in [0.1, 0.15) is 43.3 Å². The van der Waals surface area contributed by atoms with Gasteiger partial charge in [0.2, 0.25) is 6.79 Å². The fraction of sp³-hybridized carbons (Fsp3) is 0.409. The third-order valence-corrected chi connectivity index (χ3v) is 6.59. The molecule has 0 spiro atoms. The van der Waals surface area contributed by atoms with E-state index in [9.17, 15) is 0 Å². The maximum absolute atomic E-state index is 5.87. The topological polar surface area (TPSA) is 57.3 Å². The molecule has 0 amide bonds. The second-order valence-electron chi connectivity index (χ2n) is 8.17. The van der Waals surface area contributed by atoms with Gasteiger partial charge in [-0.2, -0.15) is 5.10 Å². The Bertz CT molecular complexity index is 1140. The zero-order valence-corrected chi connectivity index (χ0v) is 17.4. The van der Waals surface area contributed by atoms with Crippen LogP contribution in [0.4, 0.5) is 0 Å². The molecule has 2 aliphatic heterocycles. The summed E-state index contributed by atoms with van der Waals surface area (Å²) in [6.07, 6.45) is 8.24. The molecular weight excluding hydrogens is 398 g/mol. The molecule has 154 valence electrons. The first kappa shape index (κ1) is 18.1. The summed E-state index contributed by atoms with van der Waals surface area (Å²) >= 11 is 5.87. The number of fused-ring (bicyclic) bond motifs is 1. The van der Waals surface area contributed by atoms with Crippen molar-refractivity contribution in [2.45, 2.75) is 44.4 Å². The Labute approximate surface area is 179 Å². The number of benzene rings is 1. The number of ether oxygens (including phenoxy) is 2. The molecule has 1 aromatic carbocycles. The average molecular weight is 422 g/mol. The summed E-state index contributed by atoms with van der Waals surface area (Å²) in [5.41, 5.74) is 2.33. The quantitative estimate of drug-likeness (QED) is 0.572. The first-order chi connectivity index (χ1) is 14.8. The van der Waals surface area contributed by atoms with Crippen LogP contribution in [0.25, 0.3) is 11.4 Å². The van der Waals surface area contributed by atoms with E-state index in [2.05, 4.69) is 26.6 Å². The van der Waals surface area contributed by atoms with Crippen molar-refractivity contribution in [3.05, 3.63) is 53.1 Å². The summed E-state index contributed by atoms with van der Waals surface area (Å²) in [5, 5.41) is 4.95. The third kappa shape index (κ3) is 3.11. The van der Waals surface area contributed by atoms with Crippen LogP contribution in [0, 0.1) is 4.77 Å². The van der Waals surface area contributed by atoms with Crippen molar-refractivity contribution in [2.24, 2.45) is 0 Å². The van der Waals surface area contributed by atoms with Gasteiger partial charge in [0, 0.05) is 36.6 Å². The minimum Gasteiger partial charge on any atom is -0.454 e. The van der Waals surface area contributed by atoms with E-state index < -0.39 is 0 Å². The highest BCUT2D eigenvalue weighted by Crippen LogP contribution is 2.40. The van der Waals surface area contributed by atoms with E-state index in [4.69, 9.17) is 26.8 Å². The number of rotatable bonds is 5. The van der Waals surface area contributed by atoms with Gasteiger partial charge >= 0.3 is 0 Å². The van der Waals surface area contributed by atoms with Crippen molar-refractivity contribution in [2.75, 3.05) is 13.3 Å². The van der Waals surface area contributed by atoms with Gasteiger partial charge in [0.1, 0.15) is 0 Å². The van der Waals surface area contributed by atoms with Crippen molar-refractivity contribution < 1.29 is 9.47 Å². The van der Waals surface area contributed by atoms with Crippen LogP contribution in [0.15, 0.2) is 42.7 Å². The van der Waals surface area contributed by atoms with Crippen molar-refractivity contribution in [3.63, 3.8) is 0 Å². The molecule has 0 radical (unpaired) electrons. The highest BCUT2D eigenvalue weighted by Gasteiger charge is 2.31. The molecule has 3 aromatic rings. The van der Waals surface area contributed by atoms with E-state index in [1.165, 1.54) is 18.4 Å². The highest BCUT2D eigenvalue weighted by atomic mass is 32.1. The molecule has 1 aliphatic carbocycles. The van der Waals surface area contributed by atoms with Crippen LogP contribution in [-0.2, 0) is 6.67 Å². The van der Waals surface area contributed by atoms with E-state index in [0.717, 1.165) is 47.0 Å². The molecule has 4 heterocycles. The molecule has 8 heteroatoms. The number of hydrogen-bond donors (Lipinski definition) is 0. The first-order valence-electron chi connectivity index (χ1n) is 10.5. The average Bonchev–Trinajstić information content (AvgIpc) is 3.19. The van der Waals surface area contributed by atoms with E-state index >= 15 is 0 Å². The summed E-state index contributed by atoms with van der Waals surface area (Å²) in [6.45, 7) is 2.02. The fourth-order valence-electron chi connectivity index (χ4n) is 4.54. The van der Waals surface area contributed by atoms with Crippen molar-refractivity contribution in [1.29, 1.82) is 0 Å². The number of nitrogens with zero attached hydrogens (tertiary/aromatic N) is 5. The smallest absolute Gasteiger partial charge is 0.231 e. The molecule has 0 bridgehead atoms. The molecule has 1 saturated carbocycles. The lowest BCUT2D eigenvalue weighted by atomic mass is 10.0. The van der Waals surface area contributed by atoms with E-state index in [1.54, 1.807) is 0 Å². The molecule has 1 atom stereocenters. The Hall–Kier alpha value is -2.71. The Morgan fingerprint density at radius 1 is 1.03 bits per heavy atom. The van der Waals surface area contributed by atoms with Crippen LogP contribution in [0.3, 0.4) is 0 Å². The Kier molecular flexibility index (Phi) is 4.35. The van der Waals surface area contributed by atoms with E-state index in [0.29, 0.717) is 25.5 Å². The van der Waals surface area contributed by atoms with Gasteiger partial charge in [-0.3, -0.25) is 14.5 Å². The zero-order chi connectivity index (χ0) is 20.1. The molecule has 2 fully saturated rings. The SMILES string of the molecule is S=c1n(CN2CCCC2c2ccc3c(c2)OCO3)nc(-c2ccncc2)n1C1CC1. The van der Waals surface area contributed by atoms with Crippen LogP contribution in [0.2, 0.25) is 0 Å². The molecular formula is C22H23N5O2S. The molecule has 7 nitrogen and oxygen atoms in total. The monoisotopic (exact) mass is 421 g/mol. The summed E-state index contributed by atoms with van der Waals surface area (Å²) < 4.78 is 16.1. The van der Waals surface area contributed by atoms with Crippen molar-refractivity contribution in [1.82, 2.24) is 24.2 Å². The molecule has 0 N–H and O–H groups in total. The lowest BCUT2D eigenvalue weighted by molar-refractivity contribution is 0.173. The largest absolute Gasteiger partial charge is 0.454 e. The van der Waals surface area contributed by atoms with Gasteiger partial charge in [0.15, 0.2) is 22.1 Å². The molecule has 3 aliphatic rings. The summed E-state index contributed by atoms with van der Waals surface area (Å²) in [6, 6.07) is 11.1. The first-order valence-corrected chi connectivity index (χ1v) is 10.9. The second kappa shape index (κ2) is 7.21. The lowest BCUT2D eigenvalue weighted by Gasteiger charge is -2.24. The minimum atomic E-state index is 0.304. The summed E-state index contributed by atoms with van der Waals surface area (Å²) in [5.74, 6) is 2.62. The third-order valence-electron chi connectivity index (χ3n) is 6.18. The van der Waals surface area contributed by atoms with Gasteiger partial charge in [-0.1, -0.05) is 6.07 Å². The Morgan fingerprint density at radius 2 is 1.87 bits per heavy atom. The number of hydrogen-bond acceptors (Lipinski definition) is 6. The van der Waals surface area contributed by atoms with Crippen LogP contribution >= 0.6 is 12.2 Å². The van der Waals surface area contributed by atoms with Crippen molar-refractivity contribution >= 4 is 12.2 Å². The van der Waals surface area contributed by atoms with Crippen LogP contribution in [0.5, 0.6) is 11.5 Å². The summed E-state index contributed by atoms with van der Waals surface area (Å²) in [7, 11) is 0. The van der Waals surface area contributed by atoms with Crippen LogP contribution < -0.4 is 9.47 Å². The predicted molar refractivity (Wildman–Crippen MR) is 114 cm³/mol. The van der Waals surface area contributed by atoms with Gasteiger partial charge in [-0.15, -0.1) is 0 Å². The van der Waals surface area contributed by atoms with Gasteiger partial charge < -0.3 is 9.47 Å². The number of pyridine rings is 1. The second-order valence-corrected chi connectivity index (χ2v) is 8.53. The van der Waals surface area contributed by atoms with Gasteiger partial charge in [-0.25, -0.2) is 4.68 Å². The fourth-order valence-corrected chi connectivity index (χ4v) is 4.87. The van der Waals surface area contributed by atoms with E-state index in [1.807, 2.05) is 35.3 Å². The lowest BCUT2D eigenvalue weighted by Crippen LogP contribution is -2.27. The molecule has 6 rings (SSSR count). The van der Waals surface area contributed by atoms with Gasteiger partial charge in [0.05, 0.1) is 6.67 Å². The Balaban J connectivity index is 1.32. The van der Waals surface area contributed by atoms with Gasteiger partial charge in [0.25, 0.3) is 0 Å². The zero-order valence-electron chi connectivity index (χ0n) is 16.6. The molecule has 2 aromatic heterocycles. The minimum absolute atomic E-state index is 0.304. The standard InChI is InChI=1S/C22H23N5O2S/c30-22-26(24-21(27(22)17-4-5-17)15-7-9-23-10-8-15)13-25-11-1-2-18(25)16-3-6-19-20(12-16)29-14-28-19/h3,6-10,12,17-18H,1-2,4-5,11,13-14H2. The van der Waals surface area contributed by atoms with E-state index in [-0.39, 0.29) is 0 Å². The maximum Gasteiger partial charge on any atom is 0.231 e. The Morgan fingerprint density at radius 3 is 2.70 bits per heavy atom.